The minimum absolute atomic E-state index is 0.0459. The van der Waals surface area contributed by atoms with E-state index in [-0.39, 0.29) is 34.8 Å². The van der Waals surface area contributed by atoms with Crippen molar-refractivity contribution in [3.05, 3.63) is 54.0 Å². The molecule has 2 N–H and O–H groups in total. The lowest BCUT2D eigenvalue weighted by Crippen LogP contribution is -2.69. The van der Waals surface area contributed by atoms with Crippen LogP contribution in [0.2, 0.25) is 0 Å². The third-order valence-corrected chi connectivity index (χ3v) is 6.91. The Hall–Kier alpha value is -3.39. The van der Waals surface area contributed by atoms with Crippen molar-refractivity contribution in [1.29, 1.82) is 0 Å². The van der Waals surface area contributed by atoms with Crippen LogP contribution in [-0.4, -0.2) is 80.7 Å². The number of hydrogen-bond acceptors (Lipinski definition) is 8. The van der Waals surface area contributed by atoms with Crippen LogP contribution >= 0.6 is 0 Å². The first-order chi connectivity index (χ1) is 17.9. The van der Waals surface area contributed by atoms with Crippen LogP contribution in [0.5, 0.6) is 5.75 Å². The lowest BCUT2D eigenvalue weighted by Gasteiger charge is -2.46. The van der Waals surface area contributed by atoms with Crippen molar-refractivity contribution in [2.45, 2.75) is 56.1 Å². The van der Waals surface area contributed by atoms with E-state index < -0.39 is 55.8 Å². The van der Waals surface area contributed by atoms with Gasteiger partial charge in [-0.3, -0.25) is 4.99 Å². The number of halogens is 6. The van der Waals surface area contributed by atoms with Crippen molar-refractivity contribution in [2.24, 2.45) is 4.99 Å². The van der Waals surface area contributed by atoms with Gasteiger partial charge in [0.1, 0.15) is 23.9 Å². The van der Waals surface area contributed by atoms with E-state index in [2.05, 4.69) is 19.7 Å². The molecule has 3 aliphatic rings. The predicted octanol–water partition coefficient (Wildman–Crippen LogP) is 3.48. The van der Waals surface area contributed by atoms with E-state index in [1.54, 1.807) is 17.9 Å². The molecule has 2 aromatic rings. The molecule has 38 heavy (non-hydrogen) atoms. The lowest BCUT2D eigenvalue weighted by molar-refractivity contribution is -0.267. The maximum Gasteiger partial charge on any atom is 0.420 e. The Bertz CT molecular complexity index is 1250. The SMILES string of the molecule is CC1N=C2CC(F)C(c3cnc(N4CC(O)(C(F)(F)F)C4)nc3)=CN2C1C(O)c1ccccc1OC(F)F. The summed E-state index contributed by atoms with van der Waals surface area (Å²) < 4.78 is 84.2. The van der Waals surface area contributed by atoms with Gasteiger partial charge in [0, 0.05) is 41.7 Å². The first-order valence-corrected chi connectivity index (χ1v) is 11.7. The molecule has 204 valence electrons. The highest BCUT2D eigenvalue weighted by atomic mass is 19.4. The number of anilines is 1. The molecular weight excluding hydrogens is 520 g/mol. The molecule has 3 aliphatic heterocycles. The number of para-hydroxylation sites is 1. The summed E-state index contributed by atoms with van der Waals surface area (Å²) in [6.45, 7) is -2.81. The molecule has 0 radical (unpaired) electrons. The van der Waals surface area contributed by atoms with Crippen molar-refractivity contribution in [3.63, 3.8) is 0 Å². The number of aliphatic hydroxyl groups is 2. The molecule has 0 saturated carbocycles. The number of rotatable bonds is 6. The number of fused-ring (bicyclic) bond motifs is 1. The van der Waals surface area contributed by atoms with Crippen molar-refractivity contribution in [1.82, 2.24) is 14.9 Å². The predicted molar refractivity (Wildman–Crippen MR) is 123 cm³/mol. The maximum absolute atomic E-state index is 15.2. The number of nitrogens with zero attached hydrogens (tertiary/aromatic N) is 5. The van der Waals surface area contributed by atoms with E-state index in [0.29, 0.717) is 5.84 Å². The number of aliphatic imine (C=N–C) groups is 1. The second-order valence-corrected chi connectivity index (χ2v) is 9.46. The highest BCUT2D eigenvalue weighted by Crippen LogP contribution is 2.41. The number of allylic oxidation sites excluding steroid dienone is 1. The van der Waals surface area contributed by atoms with E-state index in [9.17, 15) is 32.2 Å². The van der Waals surface area contributed by atoms with E-state index in [0.717, 1.165) is 4.90 Å². The smallest absolute Gasteiger partial charge is 0.420 e. The zero-order valence-corrected chi connectivity index (χ0v) is 19.9. The van der Waals surface area contributed by atoms with Crippen molar-refractivity contribution in [2.75, 3.05) is 18.0 Å². The summed E-state index contributed by atoms with van der Waals surface area (Å²) in [6, 6.07) is 4.57. The fourth-order valence-corrected chi connectivity index (χ4v) is 4.93. The molecule has 5 rings (SSSR count). The van der Waals surface area contributed by atoms with E-state index in [1.165, 1.54) is 36.8 Å². The van der Waals surface area contributed by atoms with Gasteiger partial charge in [-0.15, -0.1) is 0 Å². The molecule has 4 unspecified atom stereocenters. The van der Waals surface area contributed by atoms with Gasteiger partial charge in [-0.1, -0.05) is 18.2 Å². The van der Waals surface area contributed by atoms with Gasteiger partial charge in [-0.25, -0.2) is 14.4 Å². The number of alkyl halides is 6. The molecule has 4 heterocycles. The zero-order valence-electron chi connectivity index (χ0n) is 19.9. The monoisotopic (exact) mass is 543 g/mol. The summed E-state index contributed by atoms with van der Waals surface area (Å²) >= 11 is 0. The fourth-order valence-electron chi connectivity index (χ4n) is 4.93. The second-order valence-electron chi connectivity index (χ2n) is 9.46. The standard InChI is InChI=1S/C24H23F6N5O3/c1-12-19(20(36)14-4-2-3-5-17(14)38-21(26)27)35-9-15(16(25)6-18(35)33-12)13-7-31-22(32-8-13)34-10-23(37,11-34)24(28,29)30/h2-5,7-9,12,16,19-21,36-37H,6,10-11H2,1H3. The summed E-state index contributed by atoms with van der Waals surface area (Å²) in [5.74, 6) is 0.137. The maximum atomic E-state index is 15.2. The largest absolute Gasteiger partial charge is 0.434 e. The number of aromatic nitrogens is 2. The zero-order chi connectivity index (χ0) is 27.4. The molecule has 1 aromatic heterocycles. The molecule has 0 spiro atoms. The van der Waals surface area contributed by atoms with Gasteiger partial charge in [0.15, 0.2) is 5.60 Å². The van der Waals surface area contributed by atoms with Gasteiger partial charge < -0.3 is 24.7 Å². The Balaban J connectivity index is 1.38. The minimum Gasteiger partial charge on any atom is -0.434 e. The number of amidine groups is 1. The number of hydrogen-bond donors (Lipinski definition) is 2. The van der Waals surface area contributed by atoms with E-state index >= 15 is 4.39 Å². The molecule has 0 aliphatic carbocycles. The molecule has 14 heteroatoms. The lowest BCUT2D eigenvalue weighted by atomic mass is 9.93. The summed E-state index contributed by atoms with van der Waals surface area (Å²) in [6.07, 6.45) is -3.73. The third kappa shape index (κ3) is 4.55. The van der Waals surface area contributed by atoms with E-state index in [1.807, 2.05) is 0 Å². The quantitative estimate of drug-likeness (QED) is 0.539. The molecule has 8 nitrogen and oxygen atoms in total. The average molecular weight is 543 g/mol. The van der Waals surface area contributed by atoms with Gasteiger partial charge in [-0.05, 0) is 13.0 Å². The summed E-state index contributed by atoms with van der Waals surface area (Å²) in [5.41, 5.74) is -2.28. The number of ether oxygens (including phenoxy) is 1. The highest BCUT2D eigenvalue weighted by Gasteiger charge is 2.61. The summed E-state index contributed by atoms with van der Waals surface area (Å²) in [4.78, 5) is 15.3. The molecule has 0 bridgehead atoms. The third-order valence-electron chi connectivity index (χ3n) is 6.91. The molecule has 1 aromatic carbocycles. The van der Waals surface area contributed by atoms with Crippen LogP contribution in [0.25, 0.3) is 5.57 Å². The van der Waals surface area contributed by atoms with Crippen LogP contribution in [0.4, 0.5) is 32.3 Å². The van der Waals surface area contributed by atoms with Crippen LogP contribution in [-0.2, 0) is 0 Å². The number of benzene rings is 1. The van der Waals surface area contributed by atoms with E-state index in [4.69, 9.17) is 0 Å². The Morgan fingerprint density at radius 3 is 2.42 bits per heavy atom. The molecule has 4 atom stereocenters. The van der Waals surface area contributed by atoms with Crippen molar-refractivity contribution >= 4 is 17.4 Å². The van der Waals surface area contributed by atoms with Crippen LogP contribution in [0.3, 0.4) is 0 Å². The fraction of sp³-hybridized carbons (Fsp3) is 0.458. The summed E-state index contributed by atoms with van der Waals surface area (Å²) in [5, 5.41) is 20.8. The minimum atomic E-state index is -4.78. The van der Waals surface area contributed by atoms with Gasteiger partial charge in [0.05, 0.1) is 25.2 Å². The van der Waals surface area contributed by atoms with Gasteiger partial charge in [-0.2, -0.15) is 22.0 Å². The van der Waals surface area contributed by atoms with Gasteiger partial charge in [0.25, 0.3) is 0 Å². The van der Waals surface area contributed by atoms with Gasteiger partial charge in [0.2, 0.25) is 5.95 Å². The molecular formula is C24H23F6N5O3. The average Bonchev–Trinajstić information content (AvgIpc) is 3.14. The molecule has 0 amide bonds. The molecule has 1 fully saturated rings. The normalized spacial score (nSPS) is 25.5. The number of aliphatic hydroxyl groups excluding tert-OH is 1. The Kier molecular flexibility index (Phi) is 6.50. The topological polar surface area (TPSA) is 94.3 Å². The van der Waals surface area contributed by atoms with Gasteiger partial charge >= 0.3 is 12.8 Å². The van der Waals surface area contributed by atoms with Crippen LogP contribution < -0.4 is 9.64 Å². The van der Waals surface area contributed by atoms with Crippen LogP contribution in [0, 0.1) is 0 Å². The first-order valence-electron chi connectivity index (χ1n) is 11.7. The second kappa shape index (κ2) is 9.42. The van der Waals surface area contributed by atoms with Crippen LogP contribution in [0.15, 0.2) is 47.9 Å². The Labute approximate surface area is 212 Å². The highest BCUT2D eigenvalue weighted by molar-refractivity contribution is 5.92. The Morgan fingerprint density at radius 1 is 1.13 bits per heavy atom. The first kappa shape index (κ1) is 26.2. The number of β-amino-alcohol motifs (C(OH)–C–C–N with tert-alkyl or cyclic N) is 1. The van der Waals surface area contributed by atoms with Crippen LogP contribution in [0.1, 0.15) is 30.6 Å². The van der Waals surface area contributed by atoms with Crippen molar-refractivity contribution in [3.8, 4) is 5.75 Å². The summed E-state index contributed by atoms with van der Waals surface area (Å²) in [7, 11) is 0. The molecule has 1 saturated heterocycles. The Morgan fingerprint density at radius 2 is 1.79 bits per heavy atom. The van der Waals surface area contributed by atoms with Crippen molar-refractivity contribution < 1.29 is 41.3 Å².